The second-order valence-electron chi connectivity index (χ2n) is 22.7. The van der Waals surface area contributed by atoms with Gasteiger partial charge in [0.05, 0.1) is 0 Å². The zero-order chi connectivity index (χ0) is 62.8. The van der Waals surface area contributed by atoms with Gasteiger partial charge in [-0.25, -0.2) is 24.0 Å². The summed E-state index contributed by atoms with van der Waals surface area (Å²) < 4.78 is 35.1. The number of rotatable bonds is 28. The van der Waals surface area contributed by atoms with Crippen LogP contribution in [0.25, 0.3) is 0 Å². The van der Waals surface area contributed by atoms with Crippen LogP contribution in [0.15, 0.2) is 0 Å². The maximum absolute atomic E-state index is 12.4. The van der Waals surface area contributed by atoms with E-state index >= 15 is 0 Å². The fourth-order valence-electron chi connectivity index (χ4n) is 5.36. The molecule has 27 nitrogen and oxygen atoms in total. The second-order valence-corrected chi connectivity index (χ2v) is 22.7. The summed E-state index contributed by atoms with van der Waals surface area (Å²) in [5.74, 6) is -4.90. The highest BCUT2D eigenvalue weighted by Crippen LogP contribution is 2.13. The highest BCUT2D eigenvalue weighted by atomic mass is 16.6. The monoisotopic (exact) mass is 1150 g/mol. The van der Waals surface area contributed by atoms with Crippen LogP contribution in [-0.2, 0) is 61.9 Å². The van der Waals surface area contributed by atoms with Gasteiger partial charge in [0.2, 0.25) is 5.91 Å². The summed E-state index contributed by atoms with van der Waals surface area (Å²) in [7, 11) is 0. The van der Waals surface area contributed by atoms with Crippen LogP contribution >= 0.6 is 0 Å². The molecule has 0 saturated heterocycles. The quantitative estimate of drug-likeness (QED) is 0.0208. The van der Waals surface area contributed by atoms with Crippen LogP contribution in [0.2, 0.25) is 0 Å². The molecule has 0 heterocycles. The van der Waals surface area contributed by atoms with Crippen LogP contribution in [0.1, 0.15) is 194 Å². The number of carboxylic acid groups (broad SMARTS) is 3. The summed E-state index contributed by atoms with van der Waals surface area (Å²) in [6.07, 6.45) is 8.52. The van der Waals surface area contributed by atoms with Gasteiger partial charge in [-0.3, -0.25) is 28.8 Å². The molecule has 80 heavy (non-hydrogen) atoms. The first-order chi connectivity index (χ1) is 36.5. The van der Waals surface area contributed by atoms with Crippen LogP contribution in [0.5, 0.6) is 0 Å². The topological polar surface area (TPSA) is 385 Å². The number of unbranched alkanes of at least 4 members (excludes halogenated alkanes) is 9. The van der Waals surface area contributed by atoms with E-state index in [1.807, 2.05) is 0 Å². The molecule has 466 valence electrons. The Bertz CT molecular complexity index is 1760. The molecule has 0 aromatic heterocycles. The molecule has 0 radical (unpaired) electrons. The van der Waals surface area contributed by atoms with Crippen molar-refractivity contribution in [2.45, 2.75) is 228 Å². The van der Waals surface area contributed by atoms with Crippen molar-refractivity contribution < 1.29 is 101 Å². The van der Waals surface area contributed by atoms with Gasteiger partial charge in [-0.05, 0) is 123 Å². The first-order valence-corrected chi connectivity index (χ1v) is 26.7. The van der Waals surface area contributed by atoms with Crippen LogP contribution < -0.4 is 31.9 Å². The number of alkyl carbamates (subject to hydrolysis) is 5. The highest BCUT2D eigenvalue weighted by molar-refractivity contribution is 5.80. The zero-order valence-electron chi connectivity index (χ0n) is 50.4. The van der Waals surface area contributed by atoms with E-state index in [1.165, 1.54) is 51.4 Å². The van der Waals surface area contributed by atoms with Crippen molar-refractivity contribution in [2.24, 2.45) is 0 Å². The molecule has 0 rings (SSSR count). The fraction of sp³-hybridized carbons (Fsp3) is 0.792. The molecule has 0 aromatic rings. The first kappa shape index (κ1) is 79.7. The summed E-state index contributed by atoms with van der Waals surface area (Å²) in [5, 5.41) is 38.4. The number of aliphatic carboxylic acids is 3. The van der Waals surface area contributed by atoms with Crippen molar-refractivity contribution in [3.05, 3.63) is 0 Å². The van der Waals surface area contributed by atoms with E-state index in [9.17, 15) is 52.7 Å². The summed E-state index contributed by atoms with van der Waals surface area (Å²) in [4.78, 5) is 123. The molecule has 0 unspecified atom stereocenters. The maximum Gasteiger partial charge on any atom is 0.408 e. The molecule has 0 aliphatic heterocycles. The second kappa shape index (κ2) is 43.0. The Balaban J connectivity index is -0.000000638. The lowest BCUT2D eigenvalue weighted by molar-refractivity contribution is -0.158. The number of nitrogens with one attached hydrogen (secondary N) is 6. The van der Waals surface area contributed by atoms with Gasteiger partial charge in [0, 0.05) is 13.0 Å². The lowest BCUT2D eigenvalue weighted by Gasteiger charge is -2.21. The van der Waals surface area contributed by atoms with Crippen molar-refractivity contribution in [3.63, 3.8) is 0 Å². The van der Waals surface area contributed by atoms with Gasteiger partial charge < -0.3 is 80.4 Å². The largest absolute Gasteiger partial charge is 0.480 e. The summed E-state index contributed by atoms with van der Waals surface area (Å²) >= 11 is 0. The molecule has 6 amide bonds. The molecule has 0 aliphatic rings. The molecular weight excluding hydrogens is 1060 g/mol. The molecule has 0 aromatic carbocycles. The van der Waals surface area contributed by atoms with E-state index < -0.39 is 127 Å². The molecule has 0 aliphatic carbocycles. The number of hydrogen-bond acceptors (Lipinski definition) is 18. The normalized spacial score (nSPS) is 11.4. The van der Waals surface area contributed by atoms with Crippen molar-refractivity contribution in [2.75, 3.05) is 45.9 Å². The van der Waals surface area contributed by atoms with Gasteiger partial charge in [-0.15, -0.1) is 0 Å². The number of carbonyl (C=O) groups excluding carboxylic acids is 8. The SMILES string of the molecule is CC(C)(C)OC(=O)NCC(=O)O.CC(C)(C)OC(=O)NCC(=O)O.CC(C)(C)OC(=O)NCC(=O)O.CCCCCCCCCCCCNC(=O)CCC[C@H](COC(=O)CNC(=O)OC(C)(C)C)OC(=O)CNC(=O)OC(C)(C)C. The maximum atomic E-state index is 12.4. The Morgan fingerprint density at radius 3 is 0.963 bits per heavy atom. The molecule has 0 fully saturated rings. The smallest absolute Gasteiger partial charge is 0.408 e. The minimum absolute atomic E-state index is 0.101. The molecule has 1 atom stereocenters. The molecule has 0 bridgehead atoms. The van der Waals surface area contributed by atoms with Crippen LogP contribution in [0.3, 0.4) is 0 Å². The molecule has 0 spiro atoms. The van der Waals surface area contributed by atoms with Crippen LogP contribution in [0, 0.1) is 0 Å². The van der Waals surface area contributed by atoms with E-state index in [-0.39, 0.29) is 25.4 Å². The van der Waals surface area contributed by atoms with E-state index in [2.05, 4.69) is 38.8 Å². The van der Waals surface area contributed by atoms with Gasteiger partial charge in [0.15, 0.2) is 0 Å². The predicted octanol–water partition coefficient (Wildman–Crippen LogP) is 7.49. The Morgan fingerprint density at radius 2 is 0.662 bits per heavy atom. The minimum atomic E-state index is -1.10. The van der Waals surface area contributed by atoms with E-state index in [0.29, 0.717) is 13.0 Å². The number of carbonyl (C=O) groups is 11. The first-order valence-electron chi connectivity index (χ1n) is 26.7. The Hall–Kier alpha value is -6.83. The number of carboxylic acids is 3. The predicted molar refractivity (Wildman–Crippen MR) is 294 cm³/mol. The summed E-state index contributed by atoms with van der Waals surface area (Å²) in [6, 6.07) is 0. The van der Waals surface area contributed by atoms with Crippen molar-refractivity contribution >= 4 is 66.2 Å². The Labute approximate surface area is 472 Å². The summed E-state index contributed by atoms with van der Waals surface area (Å²) in [5.41, 5.74) is -3.24. The minimum Gasteiger partial charge on any atom is -0.480 e. The van der Waals surface area contributed by atoms with E-state index in [1.54, 1.807) is 104 Å². The molecule has 27 heteroatoms. The average Bonchev–Trinajstić information content (AvgIpc) is 3.27. The molecular formula is C53H98N6O21. The molecule has 0 saturated carbocycles. The number of hydrogen-bond donors (Lipinski definition) is 9. The average molecular weight is 1160 g/mol. The third kappa shape index (κ3) is 69.2. The fourth-order valence-corrected chi connectivity index (χ4v) is 5.36. The Kier molecular flexibility index (Phi) is 42.8. The van der Waals surface area contributed by atoms with Crippen molar-refractivity contribution in [1.29, 1.82) is 0 Å². The van der Waals surface area contributed by atoms with Crippen LogP contribution in [-0.4, -0.2) is 162 Å². The van der Waals surface area contributed by atoms with Gasteiger partial charge in [-0.2, -0.15) is 0 Å². The number of ether oxygens (including phenoxy) is 7. The van der Waals surface area contributed by atoms with Gasteiger partial charge in [0.1, 0.15) is 73.4 Å². The lowest BCUT2D eigenvalue weighted by Crippen LogP contribution is -2.38. The Morgan fingerprint density at radius 1 is 0.375 bits per heavy atom. The number of amides is 6. The van der Waals surface area contributed by atoms with Gasteiger partial charge >= 0.3 is 60.3 Å². The standard InChI is InChI=1S/C32H59N3O9.3C7H13NO4/c1-8-9-10-11-12-13-14-15-16-17-21-33-26(36)20-18-19-25(42-28(38)23-35-30(40)44-32(5,6)7)24-41-27(37)22-34-29(39)43-31(2,3)4;3*1-7(2,3)12-6(11)8-4-5(9)10/h25H,8-24H2,1-7H3,(H,33,36)(H,34,39)(H,35,40);3*4H2,1-3H3,(H,8,11)(H,9,10)/t25-;;;/m1.../s1. The third-order valence-corrected chi connectivity index (χ3v) is 8.41. The van der Waals surface area contributed by atoms with Crippen LogP contribution in [0.4, 0.5) is 24.0 Å². The molecule has 9 N–H and O–H groups in total. The van der Waals surface area contributed by atoms with Gasteiger partial charge in [-0.1, -0.05) is 64.7 Å². The lowest BCUT2D eigenvalue weighted by atomic mass is 10.1. The van der Waals surface area contributed by atoms with Gasteiger partial charge in [0.25, 0.3) is 0 Å². The van der Waals surface area contributed by atoms with Crippen molar-refractivity contribution in [3.8, 4) is 0 Å². The zero-order valence-corrected chi connectivity index (χ0v) is 50.4. The number of esters is 2. The highest BCUT2D eigenvalue weighted by Gasteiger charge is 2.23. The van der Waals surface area contributed by atoms with Crippen molar-refractivity contribution in [1.82, 2.24) is 31.9 Å². The van der Waals surface area contributed by atoms with E-state index in [4.69, 9.17) is 48.5 Å². The van der Waals surface area contributed by atoms with E-state index in [0.717, 1.165) is 12.8 Å². The third-order valence-electron chi connectivity index (χ3n) is 8.41. The summed E-state index contributed by atoms with van der Waals surface area (Å²) in [6.45, 7) is 25.9.